The first-order valence-corrected chi connectivity index (χ1v) is 5.95. The van der Waals surface area contributed by atoms with Crippen molar-refractivity contribution >= 4 is 0 Å². The maximum atomic E-state index is 4.24. The smallest absolute Gasteiger partial charge is 0.0492 e. The summed E-state index contributed by atoms with van der Waals surface area (Å²) >= 11 is 0. The molecule has 3 atom stereocenters. The lowest BCUT2D eigenvalue weighted by atomic mass is 9.68. The van der Waals surface area contributed by atoms with Crippen molar-refractivity contribution in [1.29, 1.82) is 0 Å². The predicted molar refractivity (Wildman–Crippen MR) is 61.8 cm³/mol. The molecule has 3 unspecified atom stereocenters. The van der Waals surface area contributed by atoms with Gasteiger partial charge in [-0.2, -0.15) is 5.10 Å². The van der Waals surface area contributed by atoms with Gasteiger partial charge in [0.15, 0.2) is 0 Å². The first kappa shape index (κ1) is 10.7. The van der Waals surface area contributed by atoms with Crippen molar-refractivity contribution < 1.29 is 0 Å². The van der Waals surface area contributed by atoms with Gasteiger partial charge in [0.25, 0.3) is 0 Å². The van der Waals surface area contributed by atoms with Gasteiger partial charge in [0.2, 0.25) is 0 Å². The van der Waals surface area contributed by atoms with Crippen molar-refractivity contribution in [2.24, 2.45) is 13.0 Å². The topological polar surface area (TPSA) is 29.9 Å². The zero-order chi connectivity index (χ0) is 10.8. The first-order valence-electron chi connectivity index (χ1n) is 5.95. The summed E-state index contributed by atoms with van der Waals surface area (Å²) in [5.41, 5.74) is 1.39. The molecule has 3 heteroatoms. The maximum Gasteiger partial charge on any atom is 0.0492 e. The van der Waals surface area contributed by atoms with Gasteiger partial charge >= 0.3 is 0 Å². The average Bonchev–Trinajstić information content (AvgIpc) is 2.63. The molecule has 15 heavy (non-hydrogen) atoms. The Morgan fingerprint density at radius 3 is 2.93 bits per heavy atom. The van der Waals surface area contributed by atoms with E-state index in [4.69, 9.17) is 0 Å². The van der Waals surface area contributed by atoms with Gasteiger partial charge in [0.05, 0.1) is 0 Å². The summed E-state index contributed by atoms with van der Waals surface area (Å²) in [4.78, 5) is 0. The van der Waals surface area contributed by atoms with Crippen LogP contribution in [0.1, 0.15) is 38.3 Å². The fraction of sp³-hybridized carbons (Fsp3) is 0.750. The molecule has 0 spiro atoms. The van der Waals surface area contributed by atoms with E-state index in [1.165, 1.54) is 18.5 Å². The number of nitrogens with one attached hydrogen (secondary N) is 1. The second-order valence-electron chi connectivity index (χ2n) is 4.64. The summed E-state index contributed by atoms with van der Waals surface area (Å²) in [5, 5.41) is 7.84. The Hall–Kier alpha value is -0.830. The lowest BCUT2D eigenvalue weighted by Crippen LogP contribution is -2.48. The normalized spacial score (nSPS) is 30.2. The molecule has 0 aromatic carbocycles. The van der Waals surface area contributed by atoms with Crippen LogP contribution in [-0.4, -0.2) is 22.4 Å². The summed E-state index contributed by atoms with van der Waals surface area (Å²) in [6, 6.07) is 2.86. The van der Waals surface area contributed by atoms with Crippen LogP contribution in [0.4, 0.5) is 0 Å². The second kappa shape index (κ2) is 4.35. The summed E-state index contributed by atoms with van der Waals surface area (Å²) < 4.78 is 2.01. The van der Waals surface area contributed by atoms with Crippen molar-refractivity contribution in [2.75, 3.05) is 6.54 Å². The van der Waals surface area contributed by atoms with Gasteiger partial charge in [-0.15, -0.1) is 0 Å². The molecule has 0 amide bonds. The average molecular weight is 207 g/mol. The predicted octanol–water partition coefficient (Wildman–Crippen LogP) is 1.91. The highest BCUT2D eigenvalue weighted by Crippen LogP contribution is 2.41. The minimum Gasteiger partial charge on any atom is -0.314 e. The van der Waals surface area contributed by atoms with E-state index in [0.717, 1.165) is 12.5 Å². The maximum absolute atomic E-state index is 4.24. The Morgan fingerprint density at radius 1 is 1.60 bits per heavy atom. The molecule has 1 aromatic heterocycles. The minimum atomic E-state index is 0.701. The molecule has 0 radical (unpaired) electrons. The summed E-state index contributed by atoms with van der Waals surface area (Å²) in [6.07, 6.45) is 4.38. The van der Waals surface area contributed by atoms with E-state index in [1.54, 1.807) is 0 Å². The summed E-state index contributed by atoms with van der Waals surface area (Å²) in [7, 11) is 2.04. The molecule has 2 rings (SSSR count). The van der Waals surface area contributed by atoms with Crippen molar-refractivity contribution in [3.63, 3.8) is 0 Å². The van der Waals surface area contributed by atoms with Crippen LogP contribution < -0.4 is 5.32 Å². The number of nitrogens with zero attached hydrogens (tertiary/aromatic N) is 2. The molecule has 1 saturated carbocycles. The van der Waals surface area contributed by atoms with Crippen LogP contribution >= 0.6 is 0 Å². The van der Waals surface area contributed by atoms with Crippen LogP contribution in [-0.2, 0) is 7.05 Å². The van der Waals surface area contributed by atoms with Crippen molar-refractivity contribution in [3.8, 4) is 0 Å². The quantitative estimate of drug-likeness (QED) is 0.817. The Kier molecular flexibility index (Phi) is 3.10. The van der Waals surface area contributed by atoms with Crippen LogP contribution in [0.15, 0.2) is 12.3 Å². The Balaban J connectivity index is 1.92. The molecular formula is C12H21N3. The zero-order valence-corrected chi connectivity index (χ0v) is 9.90. The van der Waals surface area contributed by atoms with Gasteiger partial charge in [0, 0.05) is 30.9 Å². The third-order valence-corrected chi connectivity index (χ3v) is 3.67. The molecule has 84 valence electrons. The van der Waals surface area contributed by atoms with Gasteiger partial charge in [-0.3, -0.25) is 4.68 Å². The van der Waals surface area contributed by atoms with Crippen LogP contribution in [0, 0.1) is 5.92 Å². The second-order valence-corrected chi connectivity index (χ2v) is 4.64. The molecule has 0 bridgehead atoms. The highest BCUT2D eigenvalue weighted by Gasteiger charge is 2.39. The SMILES string of the molecule is CCCNC1CC(c2ccnn2C)C1C. The molecule has 0 saturated heterocycles. The molecule has 1 heterocycles. The van der Waals surface area contributed by atoms with E-state index < -0.39 is 0 Å². The lowest BCUT2D eigenvalue weighted by Gasteiger charge is -2.43. The highest BCUT2D eigenvalue weighted by molar-refractivity contribution is 5.16. The van der Waals surface area contributed by atoms with Crippen molar-refractivity contribution in [3.05, 3.63) is 18.0 Å². The third-order valence-electron chi connectivity index (χ3n) is 3.67. The number of rotatable bonds is 4. The molecule has 1 aliphatic carbocycles. The molecule has 3 nitrogen and oxygen atoms in total. The van der Waals surface area contributed by atoms with E-state index in [-0.39, 0.29) is 0 Å². The van der Waals surface area contributed by atoms with Crippen molar-refractivity contribution in [1.82, 2.24) is 15.1 Å². The third kappa shape index (κ3) is 1.93. The molecule has 0 aliphatic heterocycles. The van der Waals surface area contributed by atoms with Crippen LogP contribution in [0.3, 0.4) is 0 Å². The molecule has 1 aromatic rings. The summed E-state index contributed by atoms with van der Waals surface area (Å²) in [6.45, 7) is 5.70. The van der Waals surface area contributed by atoms with E-state index in [1.807, 2.05) is 17.9 Å². The summed E-state index contributed by atoms with van der Waals surface area (Å²) in [5.74, 6) is 1.44. The first-order chi connectivity index (χ1) is 7.24. The highest BCUT2D eigenvalue weighted by atomic mass is 15.3. The van der Waals surface area contributed by atoms with Gasteiger partial charge in [-0.25, -0.2) is 0 Å². The fourth-order valence-corrected chi connectivity index (χ4v) is 2.52. The molecule has 1 fully saturated rings. The molecule has 1 N–H and O–H groups in total. The standard InChI is InChI=1S/C12H21N3/c1-4-6-13-11-8-10(9(11)2)12-5-7-14-15(12)3/h5,7,9-11,13H,4,6,8H2,1-3H3. The minimum absolute atomic E-state index is 0.701. The van der Waals surface area contributed by atoms with E-state index in [0.29, 0.717) is 12.0 Å². The van der Waals surface area contributed by atoms with Gasteiger partial charge < -0.3 is 5.32 Å². The van der Waals surface area contributed by atoms with Crippen LogP contribution in [0.25, 0.3) is 0 Å². The fourth-order valence-electron chi connectivity index (χ4n) is 2.52. The zero-order valence-electron chi connectivity index (χ0n) is 9.90. The Labute approximate surface area is 91.9 Å². The van der Waals surface area contributed by atoms with Gasteiger partial charge in [-0.05, 0) is 31.4 Å². The van der Waals surface area contributed by atoms with E-state index >= 15 is 0 Å². The number of aromatic nitrogens is 2. The Bertz CT molecular complexity index is 318. The largest absolute Gasteiger partial charge is 0.314 e. The van der Waals surface area contributed by atoms with E-state index in [2.05, 4.69) is 30.3 Å². The van der Waals surface area contributed by atoms with E-state index in [9.17, 15) is 0 Å². The molecule has 1 aliphatic rings. The number of hydrogen-bond donors (Lipinski definition) is 1. The lowest BCUT2D eigenvalue weighted by molar-refractivity contribution is 0.177. The Morgan fingerprint density at radius 2 is 2.40 bits per heavy atom. The van der Waals surface area contributed by atoms with Gasteiger partial charge in [0.1, 0.15) is 0 Å². The van der Waals surface area contributed by atoms with Gasteiger partial charge in [-0.1, -0.05) is 13.8 Å². The van der Waals surface area contributed by atoms with Crippen LogP contribution in [0.5, 0.6) is 0 Å². The van der Waals surface area contributed by atoms with Crippen LogP contribution in [0.2, 0.25) is 0 Å². The number of hydrogen-bond acceptors (Lipinski definition) is 2. The monoisotopic (exact) mass is 207 g/mol. The van der Waals surface area contributed by atoms with Crippen molar-refractivity contribution in [2.45, 2.75) is 38.6 Å². The molecular weight excluding hydrogens is 186 g/mol. The number of aryl methyl sites for hydroxylation is 1.